The van der Waals surface area contributed by atoms with Gasteiger partial charge in [0.15, 0.2) is 0 Å². The van der Waals surface area contributed by atoms with E-state index in [-0.39, 0.29) is 18.1 Å². The Hall–Kier alpha value is -2.76. The first-order valence-electron chi connectivity index (χ1n) is 9.78. The maximum absolute atomic E-state index is 12.2. The van der Waals surface area contributed by atoms with Crippen molar-refractivity contribution >= 4 is 44.3 Å². The number of ether oxygens (including phenoxy) is 1. The summed E-state index contributed by atoms with van der Waals surface area (Å²) in [6, 6.07) is 18.8. The number of nitrogens with zero attached hydrogens (tertiary/aromatic N) is 1. The summed E-state index contributed by atoms with van der Waals surface area (Å²) in [5.74, 6) is 0.586. The molecular weight excluding hydrogens is 449 g/mol. The molecule has 0 spiro atoms. The van der Waals surface area contributed by atoms with Crippen LogP contribution in [-0.2, 0) is 14.3 Å². The standard InChI is InChI=1S/C22H20BNO6S2/c1-15-2-9-19(10-3-15)32(27,28)30-13-12-29-18-8-11-20-21(14-18)31-22(24-20)16-4-6-17(7-5-16)23(25)26/h2-11,14,25-26H,12-13H2,1H3. The molecule has 0 aliphatic carbocycles. The summed E-state index contributed by atoms with van der Waals surface area (Å²) in [6.45, 7) is 1.85. The third-order valence-corrected chi connectivity index (χ3v) is 7.11. The number of aromatic nitrogens is 1. The van der Waals surface area contributed by atoms with Crippen LogP contribution in [0.5, 0.6) is 5.75 Å². The molecule has 4 rings (SSSR count). The Morgan fingerprint density at radius 2 is 1.69 bits per heavy atom. The maximum atomic E-state index is 12.2. The van der Waals surface area contributed by atoms with Gasteiger partial charge in [0.25, 0.3) is 10.1 Å². The lowest BCUT2D eigenvalue weighted by Crippen LogP contribution is -2.29. The van der Waals surface area contributed by atoms with Crippen LogP contribution in [0.25, 0.3) is 20.8 Å². The minimum atomic E-state index is -3.82. The monoisotopic (exact) mass is 469 g/mol. The molecular formula is C22H20BNO6S2. The highest BCUT2D eigenvalue weighted by Gasteiger charge is 2.15. The number of hydrogen-bond acceptors (Lipinski definition) is 8. The molecule has 10 heteroatoms. The van der Waals surface area contributed by atoms with Gasteiger partial charge in [0, 0.05) is 5.56 Å². The highest BCUT2D eigenvalue weighted by atomic mass is 32.2. The molecule has 4 aromatic rings. The summed E-state index contributed by atoms with van der Waals surface area (Å²) in [6.07, 6.45) is 0. The van der Waals surface area contributed by atoms with E-state index in [2.05, 4.69) is 4.98 Å². The molecule has 0 aliphatic heterocycles. The summed E-state index contributed by atoms with van der Waals surface area (Å²) >= 11 is 1.48. The fraction of sp³-hybridized carbons (Fsp3) is 0.136. The second-order valence-corrected chi connectivity index (χ2v) is 9.73. The first kappa shape index (κ1) is 22.4. The number of benzene rings is 3. The van der Waals surface area contributed by atoms with Gasteiger partial charge in [-0.1, -0.05) is 42.0 Å². The highest BCUT2D eigenvalue weighted by molar-refractivity contribution is 7.86. The van der Waals surface area contributed by atoms with Crippen LogP contribution < -0.4 is 10.2 Å². The van der Waals surface area contributed by atoms with E-state index in [4.69, 9.17) is 8.92 Å². The third kappa shape index (κ3) is 5.17. The largest absolute Gasteiger partial charge is 0.491 e. The summed E-state index contributed by atoms with van der Waals surface area (Å²) < 4.78 is 36.1. The van der Waals surface area contributed by atoms with Gasteiger partial charge >= 0.3 is 7.12 Å². The molecule has 2 N–H and O–H groups in total. The van der Waals surface area contributed by atoms with Crippen molar-refractivity contribution in [3.8, 4) is 16.3 Å². The van der Waals surface area contributed by atoms with Crippen molar-refractivity contribution in [2.45, 2.75) is 11.8 Å². The zero-order valence-corrected chi connectivity index (χ0v) is 18.8. The van der Waals surface area contributed by atoms with Gasteiger partial charge in [-0.05, 0) is 42.7 Å². The Balaban J connectivity index is 1.38. The van der Waals surface area contributed by atoms with Gasteiger partial charge in [-0.3, -0.25) is 4.18 Å². The Morgan fingerprint density at radius 1 is 0.969 bits per heavy atom. The number of aryl methyl sites for hydroxylation is 1. The second-order valence-electron chi connectivity index (χ2n) is 7.08. The predicted molar refractivity (Wildman–Crippen MR) is 125 cm³/mol. The molecule has 164 valence electrons. The van der Waals surface area contributed by atoms with Crippen LogP contribution >= 0.6 is 11.3 Å². The first-order valence-corrected chi connectivity index (χ1v) is 12.0. The van der Waals surface area contributed by atoms with E-state index >= 15 is 0 Å². The number of hydrogen-bond donors (Lipinski definition) is 2. The number of rotatable bonds is 8. The average molecular weight is 469 g/mol. The minimum Gasteiger partial charge on any atom is -0.491 e. The maximum Gasteiger partial charge on any atom is 0.488 e. The van der Waals surface area contributed by atoms with Gasteiger partial charge in [-0.2, -0.15) is 8.42 Å². The molecule has 0 unspecified atom stereocenters. The fourth-order valence-electron chi connectivity index (χ4n) is 2.99. The Kier molecular flexibility index (Phi) is 6.59. The molecule has 7 nitrogen and oxygen atoms in total. The second kappa shape index (κ2) is 9.39. The summed E-state index contributed by atoms with van der Waals surface area (Å²) in [4.78, 5) is 4.72. The third-order valence-electron chi connectivity index (χ3n) is 4.72. The Morgan fingerprint density at radius 3 is 2.38 bits per heavy atom. The molecule has 1 heterocycles. The number of fused-ring (bicyclic) bond motifs is 1. The zero-order chi connectivity index (χ0) is 22.7. The molecule has 32 heavy (non-hydrogen) atoms. The van der Waals surface area contributed by atoms with Crippen LogP contribution in [0.2, 0.25) is 0 Å². The van der Waals surface area contributed by atoms with Crippen molar-refractivity contribution in [1.29, 1.82) is 0 Å². The molecule has 0 aliphatic rings. The van der Waals surface area contributed by atoms with Gasteiger partial charge in [0.05, 0.1) is 15.1 Å². The lowest BCUT2D eigenvalue weighted by atomic mass is 9.80. The number of thiazole rings is 1. The van der Waals surface area contributed by atoms with Gasteiger partial charge in [-0.15, -0.1) is 11.3 Å². The van der Waals surface area contributed by atoms with Crippen molar-refractivity contribution < 1.29 is 27.4 Å². The highest BCUT2D eigenvalue weighted by Crippen LogP contribution is 2.32. The van der Waals surface area contributed by atoms with Crippen molar-refractivity contribution in [3.05, 3.63) is 72.3 Å². The fourth-order valence-corrected chi connectivity index (χ4v) is 4.88. The van der Waals surface area contributed by atoms with Gasteiger partial charge < -0.3 is 14.8 Å². The van der Waals surface area contributed by atoms with Gasteiger partial charge in [0.1, 0.15) is 24.0 Å². The van der Waals surface area contributed by atoms with Crippen LogP contribution in [0.15, 0.2) is 71.6 Å². The van der Waals surface area contributed by atoms with Gasteiger partial charge in [0.2, 0.25) is 0 Å². The van der Waals surface area contributed by atoms with Crippen molar-refractivity contribution in [3.63, 3.8) is 0 Å². The summed E-state index contributed by atoms with van der Waals surface area (Å²) in [5, 5.41) is 19.2. The van der Waals surface area contributed by atoms with Crippen LogP contribution in [-0.4, -0.2) is 43.8 Å². The minimum absolute atomic E-state index is 0.0766. The molecule has 0 atom stereocenters. The van der Waals surface area contributed by atoms with Gasteiger partial charge in [-0.25, -0.2) is 4.98 Å². The molecule has 0 saturated carbocycles. The predicted octanol–water partition coefficient (Wildman–Crippen LogP) is 2.74. The lowest BCUT2D eigenvalue weighted by Gasteiger charge is -2.08. The lowest BCUT2D eigenvalue weighted by molar-refractivity contribution is 0.221. The molecule has 1 aromatic heterocycles. The quantitative estimate of drug-likeness (QED) is 0.232. The molecule has 0 saturated heterocycles. The first-order chi connectivity index (χ1) is 15.3. The van der Waals surface area contributed by atoms with E-state index < -0.39 is 17.2 Å². The van der Waals surface area contributed by atoms with Crippen LogP contribution in [0.4, 0.5) is 0 Å². The summed E-state index contributed by atoms with van der Waals surface area (Å²) in [7, 11) is -5.33. The smallest absolute Gasteiger partial charge is 0.488 e. The molecule has 3 aromatic carbocycles. The van der Waals surface area contributed by atoms with E-state index in [9.17, 15) is 18.5 Å². The van der Waals surface area contributed by atoms with Crippen molar-refractivity contribution in [1.82, 2.24) is 4.98 Å². The molecule has 0 bridgehead atoms. The van der Waals surface area contributed by atoms with E-state index in [1.807, 2.05) is 19.1 Å². The Bertz CT molecular complexity index is 1320. The van der Waals surface area contributed by atoms with Crippen LogP contribution in [0, 0.1) is 6.92 Å². The van der Waals surface area contributed by atoms with E-state index in [0.717, 1.165) is 26.4 Å². The van der Waals surface area contributed by atoms with E-state index in [1.54, 1.807) is 42.5 Å². The average Bonchev–Trinajstić information content (AvgIpc) is 3.20. The van der Waals surface area contributed by atoms with Crippen molar-refractivity contribution in [2.24, 2.45) is 0 Å². The molecule has 0 amide bonds. The topological polar surface area (TPSA) is 106 Å². The normalized spacial score (nSPS) is 11.6. The van der Waals surface area contributed by atoms with E-state index in [0.29, 0.717) is 11.2 Å². The molecule has 0 fully saturated rings. The van der Waals surface area contributed by atoms with Crippen molar-refractivity contribution in [2.75, 3.05) is 13.2 Å². The van der Waals surface area contributed by atoms with Crippen LogP contribution in [0.3, 0.4) is 0 Å². The molecule has 0 radical (unpaired) electrons. The Labute approximate surface area is 190 Å². The van der Waals surface area contributed by atoms with E-state index in [1.165, 1.54) is 23.5 Å². The SMILES string of the molecule is Cc1ccc(S(=O)(=O)OCCOc2ccc3nc(-c4ccc(B(O)O)cc4)sc3c2)cc1. The zero-order valence-electron chi connectivity index (χ0n) is 17.1. The summed E-state index contributed by atoms with van der Waals surface area (Å²) in [5.41, 5.74) is 3.06. The van der Waals surface area contributed by atoms with Crippen LogP contribution in [0.1, 0.15) is 5.56 Å².